The van der Waals surface area contributed by atoms with Gasteiger partial charge in [-0.2, -0.15) is 9.97 Å². The SMILES string of the molecule is CNCc1ccc(Cn2c(=O)[nH]c3c(N)nc(OCCOC)nc32)cc1. The minimum atomic E-state index is -0.297. The monoisotopic (exact) mass is 358 g/mol. The van der Waals surface area contributed by atoms with E-state index in [1.165, 1.54) is 10.1 Å². The number of aromatic amines is 1. The second-order valence-electron chi connectivity index (χ2n) is 5.79. The highest BCUT2D eigenvalue weighted by Crippen LogP contribution is 2.18. The number of nitrogen functional groups attached to an aromatic ring is 1. The quantitative estimate of drug-likeness (QED) is 0.501. The molecule has 0 fully saturated rings. The number of imidazole rings is 1. The number of methoxy groups -OCH3 is 1. The number of H-pyrrole nitrogens is 1. The molecular weight excluding hydrogens is 336 g/mol. The number of nitrogens with zero attached hydrogens (tertiary/aromatic N) is 3. The van der Waals surface area contributed by atoms with Crippen LogP contribution in [-0.2, 0) is 17.8 Å². The van der Waals surface area contributed by atoms with Crippen molar-refractivity contribution >= 4 is 17.0 Å². The van der Waals surface area contributed by atoms with Gasteiger partial charge >= 0.3 is 11.7 Å². The molecule has 0 amide bonds. The summed E-state index contributed by atoms with van der Waals surface area (Å²) in [4.78, 5) is 23.4. The van der Waals surface area contributed by atoms with Crippen LogP contribution < -0.4 is 21.5 Å². The van der Waals surface area contributed by atoms with Crippen LogP contribution in [0.5, 0.6) is 6.01 Å². The first-order chi connectivity index (χ1) is 12.6. The summed E-state index contributed by atoms with van der Waals surface area (Å²) in [6, 6.07) is 8.13. The Kier molecular flexibility index (Phi) is 5.49. The van der Waals surface area contributed by atoms with Crippen molar-refractivity contribution in [3.05, 3.63) is 45.9 Å². The van der Waals surface area contributed by atoms with E-state index in [2.05, 4.69) is 20.3 Å². The number of hydrogen-bond donors (Lipinski definition) is 3. The molecule has 9 nitrogen and oxygen atoms in total. The average Bonchev–Trinajstić information content (AvgIpc) is 2.94. The highest BCUT2D eigenvalue weighted by atomic mass is 16.5. The molecule has 3 rings (SSSR count). The molecule has 0 spiro atoms. The zero-order chi connectivity index (χ0) is 18.5. The summed E-state index contributed by atoms with van der Waals surface area (Å²) >= 11 is 0. The van der Waals surface area contributed by atoms with E-state index in [9.17, 15) is 4.79 Å². The first kappa shape index (κ1) is 17.9. The highest BCUT2D eigenvalue weighted by molar-refractivity contribution is 5.81. The Hall–Kier alpha value is -2.91. The molecule has 0 aliphatic rings. The van der Waals surface area contributed by atoms with Crippen molar-refractivity contribution in [1.82, 2.24) is 24.8 Å². The van der Waals surface area contributed by atoms with Gasteiger partial charge in [0.05, 0.1) is 13.2 Å². The van der Waals surface area contributed by atoms with E-state index in [4.69, 9.17) is 15.2 Å². The van der Waals surface area contributed by atoms with Crippen molar-refractivity contribution < 1.29 is 9.47 Å². The fourth-order valence-electron chi connectivity index (χ4n) is 2.61. The lowest BCUT2D eigenvalue weighted by molar-refractivity contribution is 0.141. The normalized spacial score (nSPS) is 11.2. The fraction of sp³-hybridized carbons (Fsp3) is 0.353. The van der Waals surface area contributed by atoms with E-state index in [0.717, 1.165) is 12.1 Å². The van der Waals surface area contributed by atoms with Crippen LogP contribution in [0.1, 0.15) is 11.1 Å². The summed E-state index contributed by atoms with van der Waals surface area (Å²) in [5, 5.41) is 3.10. The molecule has 0 aliphatic heterocycles. The third kappa shape index (κ3) is 3.84. The first-order valence-corrected chi connectivity index (χ1v) is 8.22. The number of anilines is 1. The number of fused-ring (bicyclic) bond motifs is 1. The van der Waals surface area contributed by atoms with Crippen molar-refractivity contribution in [1.29, 1.82) is 0 Å². The Balaban J connectivity index is 1.91. The van der Waals surface area contributed by atoms with Gasteiger partial charge in [0.15, 0.2) is 11.5 Å². The van der Waals surface area contributed by atoms with Crippen molar-refractivity contribution in [2.75, 3.05) is 33.1 Å². The Morgan fingerprint density at radius 3 is 2.62 bits per heavy atom. The zero-order valence-corrected chi connectivity index (χ0v) is 14.8. The van der Waals surface area contributed by atoms with Crippen LogP contribution >= 0.6 is 0 Å². The smallest absolute Gasteiger partial charge is 0.328 e. The van der Waals surface area contributed by atoms with Crippen molar-refractivity contribution in [2.45, 2.75) is 13.1 Å². The minimum Gasteiger partial charge on any atom is -0.461 e. The lowest BCUT2D eigenvalue weighted by Gasteiger charge is -2.07. The van der Waals surface area contributed by atoms with Gasteiger partial charge in [-0.25, -0.2) is 4.79 Å². The molecule has 138 valence electrons. The van der Waals surface area contributed by atoms with E-state index in [0.29, 0.717) is 30.9 Å². The molecule has 0 aliphatic carbocycles. The van der Waals surface area contributed by atoms with Crippen LogP contribution in [0.15, 0.2) is 29.1 Å². The number of nitrogens with one attached hydrogen (secondary N) is 2. The van der Waals surface area contributed by atoms with Crippen LogP contribution in [0.2, 0.25) is 0 Å². The molecule has 0 atom stereocenters. The molecular formula is C17H22N6O3. The lowest BCUT2D eigenvalue weighted by Crippen LogP contribution is -2.18. The van der Waals surface area contributed by atoms with E-state index in [1.807, 2.05) is 31.3 Å². The molecule has 0 unspecified atom stereocenters. The largest absolute Gasteiger partial charge is 0.461 e. The van der Waals surface area contributed by atoms with E-state index < -0.39 is 0 Å². The van der Waals surface area contributed by atoms with Crippen LogP contribution in [-0.4, -0.2) is 46.9 Å². The van der Waals surface area contributed by atoms with E-state index in [1.54, 1.807) is 7.11 Å². The number of benzene rings is 1. The Morgan fingerprint density at radius 1 is 1.19 bits per heavy atom. The number of hydrogen-bond acceptors (Lipinski definition) is 7. The molecule has 1 aromatic carbocycles. The standard InChI is InChI=1S/C17H22N6O3/c1-19-9-11-3-5-12(6-4-11)10-23-15-13(20-17(23)24)14(18)21-16(22-15)26-8-7-25-2/h3-6,19H,7-10H2,1-2H3,(H,20,24)(H2,18,21,22). The van der Waals surface area contributed by atoms with Gasteiger partial charge in [-0.05, 0) is 18.2 Å². The van der Waals surface area contributed by atoms with E-state index >= 15 is 0 Å². The number of rotatable bonds is 8. The second kappa shape index (κ2) is 7.98. The van der Waals surface area contributed by atoms with Gasteiger partial charge in [0.2, 0.25) is 0 Å². The Labute approximate surface area is 150 Å². The maximum atomic E-state index is 12.3. The first-order valence-electron chi connectivity index (χ1n) is 8.22. The van der Waals surface area contributed by atoms with Crippen LogP contribution in [0.25, 0.3) is 11.2 Å². The average molecular weight is 358 g/mol. The van der Waals surface area contributed by atoms with Crippen molar-refractivity contribution in [3.8, 4) is 6.01 Å². The zero-order valence-electron chi connectivity index (χ0n) is 14.8. The van der Waals surface area contributed by atoms with Gasteiger partial charge in [-0.15, -0.1) is 0 Å². The van der Waals surface area contributed by atoms with E-state index in [-0.39, 0.29) is 17.5 Å². The predicted molar refractivity (Wildman–Crippen MR) is 98.2 cm³/mol. The van der Waals surface area contributed by atoms with Crippen molar-refractivity contribution in [2.24, 2.45) is 0 Å². The number of ether oxygens (including phenoxy) is 2. The summed E-state index contributed by atoms with van der Waals surface area (Å²) in [5.74, 6) is 0.169. The minimum absolute atomic E-state index is 0.115. The molecule has 0 saturated heterocycles. The molecule has 0 saturated carbocycles. The topological polar surface area (TPSA) is 120 Å². The summed E-state index contributed by atoms with van der Waals surface area (Å²) in [6.45, 7) is 1.86. The summed E-state index contributed by atoms with van der Waals surface area (Å²) < 4.78 is 11.9. The summed E-state index contributed by atoms with van der Waals surface area (Å²) in [7, 11) is 3.48. The molecule has 4 N–H and O–H groups in total. The van der Waals surface area contributed by atoms with Gasteiger partial charge in [0, 0.05) is 13.7 Å². The van der Waals surface area contributed by atoms with Gasteiger partial charge < -0.3 is 25.5 Å². The van der Waals surface area contributed by atoms with Gasteiger partial charge in [0.1, 0.15) is 12.1 Å². The summed E-state index contributed by atoms with van der Waals surface area (Å²) in [5.41, 5.74) is 8.60. The van der Waals surface area contributed by atoms with Crippen LogP contribution in [0, 0.1) is 0 Å². The third-order valence-corrected chi connectivity index (χ3v) is 3.89. The Morgan fingerprint density at radius 2 is 1.92 bits per heavy atom. The summed E-state index contributed by atoms with van der Waals surface area (Å²) in [6.07, 6.45) is 0. The van der Waals surface area contributed by atoms with Gasteiger partial charge in [-0.3, -0.25) is 4.57 Å². The third-order valence-electron chi connectivity index (χ3n) is 3.89. The maximum absolute atomic E-state index is 12.3. The second-order valence-corrected chi connectivity index (χ2v) is 5.79. The van der Waals surface area contributed by atoms with Crippen LogP contribution in [0.4, 0.5) is 5.82 Å². The molecule has 3 aromatic rings. The molecule has 2 heterocycles. The molecule has 26 heavy (non-hydrogen) atoms. The highest BCUT2D eigenvalue weighted by Gasteiger charge is 2.15. The molecule has 2 aromatic heterocycles. The molecule has 0 radical (unpaired) electrons. The number of nitrogens with two attached hydrogens (primary N) is 1. The Bertz CT molecular complexity index is 932. The van der Waals surface area contributed by atoms with Gasteiger partial charge in [0.25, 0.3) is 0 Å². The van der Waals surface area contributed by atoms with Crippen molar-refractivity contribution in [3.63, 3.8) is 0 Å². The number of aromatic nitrogens is 4. The fourth-order valence-corrected chi connectivity index (χ4v) is 2.61. The lowest BCUT2D eigenvalue weighted by atomic mass is 10.1. The van der Waals surface area contributed by atoms with Gasteiger partial charge in [-0.1, -0.05) is 24.3 Å². The molecule has 0 bridgehead atoms. The predicted octanol–water partition coefficient (Wildman–Crippen LogP) is 0.495. The van der Waals surface area contributed by atoms with Crippen LogP contribution in [0.3, 0.4) is 0 Å². The maximum Gasteiger partial charge on any atom is 0.328 e. The molecule has 9 heteroatoms.